The highest BCUT2D eigenvalue weighted by Crippen LogP contribution is 2.24. The lowest BCUT2D eigenvalue weighted by atomic mass is 10.0. The van der Waals surface area contributed by atoms with Crippen molar-refractivity contribution in [3.8, 4) is 0 Å². The van der Waals surface area contributed by atoms with Gasteiger partial charge < -0.3 is 10.1 Å². The molecule has 0 spiro atoms. The summed E-state index contributed by atoms with van der Waals surface area (Å²) in [4.78, 5) is 10.4. The number of benzene rings is 2. The molecule has 0 aromatic heterocycles. The molecule has 2 rings (SSSR count). The molecule has 0 aliphatic carbocycles. The molecule has 27 heavy (non-hydrogen) atoms. The summed E-state index contributed by atoms with van der Waals surface area (Å²) in [6.45, 7) is 9.06. The van der Waals surface area contributed by atoms with Crippen molar-refractivity contribution in [3.05, 3.63) is 75.8 Å². The Morgan fingerprint density at radius 2 is 1.70 bits per heavy atom. The van der Waals surface area contributed by atoms with Gasteiger partial charge in [0, 0.05) is 24.7 Å². The largest absolute Gasteiger partial charge is 0.367 e. The number of nitrogens with zero attached hydrogens (tertiary/aromatic N) is 1. The summed E-state index contributed by atoms with van der Waals surface area (Å²) < 4.78 is 6.27. The molecule has 5 nitrogen and oxygen atoms in total. The highest BCUT2D eigenvalue weighted by atomic mass is 16.6. The van der Waals surface area contributed by atoms with Gasteiger partial charge in [-0.3, -0.25) is 10.1 Å². The molecule has 146 valence electrons. The average molecular weight is 370 g/mol. The number of non-ortho nitro benzene ring substituents is 1. The zero-order chi connectivity index (χ0) is 19.9. The molecular weight excluding hydrogens is 340 g/mol. The van der Waals surface area contributed by atoms with E-state index in [1.807, 2.05) is 30.3 Å². The van der Waals surface area contributed by atoms with Gasteiger partial charge in [0.05, 0.1) is 16.6 Å². The van der Waals surface area contributed by atoms with E-state index in [-0.39, 0.29) is 28.4 Å². The number of ether oxygens (including phenoxy) is 1. The smallest absolute Gasteiger partial charge is 0.269 e. The van der Waals surface area contributed by atoms with E-state index in [4.69, 9.17) is 4.74 Å². The Labute approximate surface area is 161 Å². The Kier molecular flexibility index (Phi) is 7.51. The quantitative estimate of drug-likeness (QED) is 0.495. The molecule has 0 bridgehead atoms. The maximum absolute atomic E-state index is 10.8. The van der Waals surface area contributed by atoms with Crippen LogP contribution in [0.4, 0.5) is 5.69 Å². The highest BCUT2D eigenvalue weighted by molar-refractivity contribution is 5.33. The SMILES string of the molecule is CCC(Cc1ccc([N+](=O)[O-])cc1)NCC(OC(C)(C)C)c1ccccc1. The lowest BCUT2D eigenvalue weighted by Crippen LogP contribution is -2.36. The van der Waals surface area contributed by atoms with Gasteiger partial charge in [-0.15, -0.1) is 0 Å². The summed E-state index contributed by atoms with van der Waals surface area (Å²) >= 11 is 0. The van der Waals surface area contributed by atoms with Gasteiger partial charge in [-0.25, -0.2) is 0 Å². The van der Waals surface area contributed by atoms with Crippen molar-refractivity contribution in [1.82, 2.24) is 5.32 Å². The van der Waals surface area contributed by atoms with Gasteiger partial charge in [-0.1, -0.05) is 49.4 Å². The summed E-state index contributed by atoms with van der Waals surface area (Å²) in [6.07, 6.45) is 1.76. The third-order valence-corrected chi connectivity index (χ3v) is 4.38. The Morgan fingerprint density at radius 3 is 2.22 bits per heavy atom. The summed E-state index contributed by atoms with van der Waals surface area (Å²) in [5.74, 6) is 0. The van der Waals surface area contributed by atoms with E-state index in [0.717, 1.165) is 24.0 Å². The number of nitro groups is 1. The van der Waals surface area contributed by atoms with Crippen LogP contribution in [0.1, 0.15) is 51.3 Å². The molecule has 0 amide bonds. The molecule has 0 heterocycles. The summed E-state index contributed by atoms with van der Waals surface area (Å²) in [7, 11) is 0. The fourth-order valence-corrected chi connectivity index (χ4v) is 2.99. The van der Waals surface area contributed by atoms with E-state index in [1.165, 1.54) is 0 Å². The lowest BCUT2D eigenvalue weighted by molar-refractivity contribution is -0.384. The van der Waals surface area contributed by atoms with Gasteiger partial charge in [0.2, 0.25) is 0 Å². The Morgan fingerprint density at radius 1 is 1.07 bits per heavy atom. The van der Waals surface area contributed by atoms with Crippen molar-refractivity contribution >= 4 is 5.69 Å². The van der Waals surface area contributed by atoms with E-state index in [2.05, 4.69) is 45.1 Å². The van der Waals surface area contributed by atoms with Gasteiger partial charge in [0.1, 0.15) is 0 Å². The minimum Gasteiger partial charge on any atom is -0.367 e. The second kappa shape index (κ2) is 9.62. The molecule has 1 N–H and O–H groups in total. The van der Waals surface area contributed by atoms with Crippen molar-refractivity contribution in [1.29, 1.82) is 0 Å². The molecule has 0 aliphatic rings. The van der Waals surface area contributed by atoms with Crippen LogP contribution in [-0.2, 0) is 11.2 Å². The van der Waals surface area contributed by atoms with E-state index < -0.39 is 0 Å². The first-order valence-corrected chi connectivity index (χ1v) is 9.48. The zero-order valence-corrected chi connectivity index (χ0v) is 16.6. The van der Waals surface area contributed by atoms with Crippen LogP contribution < -0.4 is 5.32 Å². The van der Waals surface area contributed by atoms with Gasteiger partial charge in [0.25, 0.3) is 5.69 Å². The van der Waals surface area contributed by atoms with Crippen molar-refractivity contribution in [2.24, 2.45) is 0 Å². The maximum atomic E-state index is 10.8. The topological polar surface area (TPSA) is 64.4 Å². The third kappa shape index (κ3) is 7.12. The molecule has 2 atom stereocenters. The average Bonchev–Trinajstić information content (AvgIpc) is 2.64. The van der Waals surface area contributed by atoms with E-state index >= 15 is 0 Å². The van der Waals surface area contributed by atoms with Crippen molar-refractivity contribution in [3.63, 3.8) is 0 Å². The van der Waals surface area contributed by atoms with Crippen molar-refractivity contribution in [2.75, 3.05) is 6.54 Å². The van der Waals surface area contributed by atoms with Gasteiger partial charge >= 0.3 is 0 Å². The number of hydrogen-bond donors (Lipinski definition) is 1. The second-order valence-corrected chi connectivity index (χ2v) is 7.77. The zero-order valence-electron chi connectivity index (χ0n) is 16.6. The first-order valence-electron chi connectivity index (χ1n) is 9.48. The molecule has 0 aliphatic heterocycles. The van der Waals surface area contributed by atoms with Crippen LogP contribution >= 0.6 is 0 Å². The Balaban J connectivity index is 2.01. The summed E-state index contributed by atoms with van der Waals surface area (Å²) in [5, 5.41) is 14.4. The fraction of sp³-hybridized carbons (Fsp3) is 0.455. The minimum atomic E-state index is -0.367. The minimum absolute atomic E-state index is 0.0305. The third-order valence-electron chi connectivity index (χ3n) is 4.38. The summed E-state index contributed by atoms with van der Waals surface area (Å²) in [5.41, 5.74) is 2.14. The first kappa shape index (κ1) is 21.1. The van der Waals surface area contributed by atoms with Gasteiger partial charge in [0.15, 0.2) is 0 Å². The predicted molar refractivity (Wildman–Crippen MR) is 109 cm³/mol. The van der Waals surface area contributed by atoms with Crippen LogP contribution in [0.2, 0.25) is 0 Å². The Bertz CT molecular complexity index is 709. The van der Waals surface area contributed by atoms with Crippen molar-refractivity contribution in [2.45, 2.75) is 58.3 Å². The van der Waals surface area contributed by atoms with Crippen LogP contribution in [0.3, 0.4) is 0 Å². The van der Waals surface area contributed by atoms with Crippen LogP contribution in [0.15, 0.2) is 54.6 Å². The molecule has 2 unspecified atom stereocenters. The summed E-state index contributed by atoms with van der Waals surface area (Å²) in [6, 6.07) is 17.3. The number of nitrogens with one attached hydrogen (secondary N) is 1. The molecular formula is C22H30N2O3. The monoisotopic (exact) mass is 370 g/mol. The maximum Gasteiger partial charge on any atom is 0.269 e. The number of hydrogen-bond acceptors (Lipinski definition) is 4. The predicted octanol–water partition coefficient (Wildman–Crippen LogP) is 5.06. The highest BCUT2D eigenvalue weighted by Gasteiger charge is 2.21. The van der Waals surface area contributed by atoms with Gasteiger partial charge in [-0.2, -0.15) is 0 Å². The van der Waals surface area contributed by atoms with Crippen LogP contribution in [0.5, 0.6) is 0 Å². The molecule has 2 aromatic rings. The lowest BCUT2D eigenvalue weighted by Gasteiger charge is -2.30. The molecule has 2 aromatic carbocycles. The van der Waals surface area contributed by atoms with E-state index in [0.29, 0.717) is 6.54 Å². The van der Waals surface area contributed by atoms with E-state index in [9.17, 15) is 10.1 Å². The molecule has 5 heteroatoms. The molecule has 0 saturated heterocycles. The van der Waals surface area contributed by atoms with E-state index in [1.54, 1.807) is 12.1 Å². The van der Waals surface area contributed by atoms with Crippen LogP contribution in [0, 0.1) is 10.1 Å². The second-order valence-electron chi connectivity index (χ2n) is 7.77. The Hall–Kier alpha value is -2.24. The van der Waals surface area contributed by atoms with Crippen molar-refractivity contribution < 1.29 is 9.66 Å². The van der Waals surface area contributed by atoms with Crippen LogP contribution in [0.25, 0.3) is 0 Å². The molecule has 0 saturated carbocycles. The fourth-order valence-electron chi connectivity index (χ4n) is 2.99. The number of nitro benzene ring substituents is 1. The van der Waals surface area contributed by atoms with Crippen LogP contribution in [-0.4, -0.2) is 23.1 Å². The molecule has 0 radical (unpaired) electrons. The van der Waals surface area contributed by atoms with Gasteiger partial charge in [-0.05, 0) is 44.7 Å². The molecule has 0 fully saturated rings. The normalized spacial score (nSPS) is 13.9. The number of rotatable bonds is 9. The first-order chi connectivity index (χ1) is 12.8. The standard InChI is InChI=1S/C22H30N2O3/c1-5-19(15-17-11-13-20(14-12-17)24(25)26)23-16-21(27-22(2,3)4)18-9-7-6-8-10-18/h6-14,19,21,23H,5,15-16H2,1-4H3.